The summed E-state index contributed by atoms with van der Waals surface area (Å²) in [5, 5.41) is 31.7. The first kappa shape index (κ1) is 44.1. The van der Waals surface area contributed by atoms with E-state index in [0.29, 0.717) is 10.7 Å². The highest BCUT2D eigenvalue weighted by atomic mass is 35.5. The van der Waals surface area contributed by atoms with Crippen LogP contribution in [0.15, 0.2) is 54.6 Å². The van der Waals surface area contributed by atoms with Crippen molar-refractivity contribution < 1.29 is 58.9 Å². The maximum absolute atomic E-state index is 15.5. The van der Waals surface area contributed by atoms with Crippen LogP contribution in [-0.2, 0) is 51.7 Å². The number of nitrogens with zero attached hydrogens (tertiary/aromatic N) is 5. The number of nitrogens with one attached hydrogen (secondary N) is 2. The Morgan fingerprint density at radius 2 is 1.83 bits per heavy atom. The fraction of sp³-hybridized carbons (Fsp3) is 0.366. The Kier molecular flexibility index (Phi) is 10.9. The second-order valence-electron chi connectivity index (χ2n) is 15.8. The van der Waals surface area contributed by atoms with Crippen LogP contribution in [0.2, 0.25) is 5.02 Å². The summed E-state index contributed by atoms with van der Waals surface area (Å²) in [6.45, 7) is 1.90. The molecule has 22 heteroatoms. The van der Waals surface area contributed by atoms with Crippen molar-refractivity contribution in [2.75, 3.05) is 30.8 Å². The Morgan fingerprint density at radius 1 is 1.13 bits per heavy atom. The molecule has 4 N–H and O–H groups in total. The third kappa shape index (κ3) is 8.25. The highest BCUT2D eigenvalue weighted by Gasteiger charge is 2.68. The number of sulfonamides is 1. The minimum absolute atomic E-state index is 0.00883. The van der Waals surface area contributed by atoms with Gasteiger partial charge in [0.05, 0.1) is 53.7 Å². The van der Waals surface area contributed by atoms with Crippen LogP contribution in [0.1, 0.15) is 52.3 Å². The minimum atomic E-state index is -5.11. The number of aryl methyl sites for hydroxylation is 1. The van der Waals surface area contributed by atoms with Crippen molar-refractivity contribution in [3.05, 3.63) is 105 Å². The number of rotatable bonds is 11. The van der Waals surface area contributed by atoms with Crippen LogP contribution in [0.5, 0.6) is 0 Å². The van der Waals surface area contributed by atoms with Gasteiger partial charge in [-0.05, 0) is 66.1 Å². The topological polar surface area (TPSA) is 173 Å². The van der Waals surface area contributed by atoms with E-state index in [9.17, 15) is 45.4 Å². The van der Waals surface area contributed by atoms with Crippen molar-refractivity contribution in [1.82, 2.24) is 29.9 Å². The summed E-state index contributed by atoms with van der Waals surface area (Å²) in [6, 6.07) is 6.90. The lowest BCUT2D eigenvalue weighted by molar-refractivity contribution is -0.142. The molecule has 1 amide bonds. The SMILES string of the molecule is C=C(CO)[C@@H]1COCC1(O)C#Cc1ccc(-c2ccc(Cl)c3c(NS(C)(=O)=O)nn(C)c23)c([C@H](Cc2cc(F)cc(F)c2)NC(=O)Cn2nc(C(F)(F)F)c3c2C(F)(F)[C@@H]2C[C@H]32)n1. The molecule has 1 saturated carbocycles. The normalized spacial score (nSPS) is 21.7. The Morgan fingerprint density at radius 3 is 2.49 bits per heavy atom. The van der Waals surface area contributed by atoms with Gasteiger partial charge in [-0.2, -0.15) is 32.1 Å². The number of hydrogen-bond donors (Lipinski definition) is 4. The van der Waals surface area contributed by atoms with Crippen molar-refractivity contribution in [2.24, 2.45) is 18.9 Å². The standard InChI is InChI=1S/C41H35ClF7N7O6S/c1-19(16-57)28-17-62-18-39(28,59)9-8-23-4-5-24(25-6-7-29(42)33-35(25)55(2)53-38(33)54-63(3,60)61)34(50-23)30(12-20-10-21(43)13-22(44)11-20)51-31(58)15-56-37-32(36(52-56)41(47,48)49)26-14-27(26)40(37,45)46/h4-7,10-11,13,26-28,30,57,59H,1,12,14-18H2,2-3H3,(H,51,58)(H,53,54)/t26-,27+,28-,30-,39?/m0/s1. The van der Waals surface area contributed by atoms with Gasteiger partial charge in [-0.1, -0.05) is 30.2 Å². The lowest BCUT2D eigenvalue weighted by Crippen LogP contribution is -2.37. The smallest absolute Gasteiger partial charge is 0.392 e. The fourth-order valence-electron chi connectivity index (χ4n) is 8.46. The zero-order chi connectivity index (χ0) is 45.6. The number of hydrogen-bond acceptors (Lipinski definition) is 9. The van der Waals surface area contributed by atoms with Gasteiger partial charge in [0.25, 0.3) is 5.92 Å². The fourth-order valence-corrected chi connectivity index (χ4v) is 9.20. The molecule has 4 heterocycles. The molecule has 3 aliphatic rings. The van der Waals surface area contributed by atoms with E-state index in [1.807, 2.05) is 0 Å². The van der Waals surface area contributed by atoms with E-state index in [1.54, 1.807) is 0 Å². The molecular formula is C41H35ClF7N7O6S. The van der Waals surface area contributed by atoms with Gasteiger partial charge in [0, 0.05) is 41.6 Å². The average Bonchev–Trinajstić information content (AvgIpc) is 3.47. The number of ether oxygens (including phenoxy) is 1. The maximum Gasteiger partial charge on any atom is 0.435 e. The number of carbonyl (C=O) groups is 1. The number of carbonyl (C=O) groups excluding carboxylic acids is 1. The summed E-state index contributed by atoms with van der Waals surface area (Å²) in [4.78, 5) is 18.8. The molecule has 332 valence electrons. The van der Waals surface area contributed by atoms with Gasteiger partial charge in [0.15, 0.2) is 17.1 Å². The highest BCUT2D eigenvalue weighted by molar-refractivity contribution is 7.92. The zero-order valence-electron chi connectivity index (χ0n) is 33.0. The molecule has 0 radical (unpaired) electrons. The number of aliphatic hydroxyl groups is 2. The summed E-state index contributed by atoms with van der Waals surface area (Å²) < 4.78 is 137. The minimum Gasteiger partial charge on any atom is -0.392 e. The van der Waals surface area contributed by atoms with Gasteiger partial charge in [-0.3, -0.25) is 18.9 Å². The van der Waals surface area contributed by atoms with Crippen molar-refractivity contribution in [1.29, 1.82) is 0 Å². The van der Waals surface area contributed by atoms with E-state index in [-0.39, 0.29) is 75.0 Å². The predicted molar refractivity (Wildman–Crippen MR) is 213 cm³/mol. The van der Waals surface area contributed by atoms with Crippen LogP contribution in [0.3, 0.4) is 0 Å². The molecule has 63 heavy (non-hydrogen) atoms. The molecular weight excluding hydrogens is 887 g/mol. The molecule has 5 aromatic rings. The number of anilines is 1. The Hall–Kier alpha value is -5.53. The van der Waals surface area contributed by atoms with Crippen molar-refractivity contribution in [3.63, 3.8) is 0 Å². The Bertz CT molecular complexity index is 2890. The summed E-state index contributed by atoms with van der Waals surface area (Å²) in [6.07, 6.45) is -4.85. The molecule has 8 rings (SSSR count). The Labute approximate surface area is 358 Å². The summed E-state index contributed by atoms with van der Waals surface area (Å²) >= 11 is 6.60. The average molecular weight is 922 g/mol. The molecule has 13 nitrogen and oxygen atoms in total. The number of benzene rings is 2. The van der Waals surface area contributed by atoms with E-state index >= 15 is 8.78 Å². The lowest BCUT2D eigenvalue weighted by Gasteiger charge is -2.24. The van der Waals surface area contributed by atoms with Crippen molar-refractivity contribution in [2.45, 2.75) is 49.0 Å². The van der Waals surface area contributed by atoms with Crippen LogP contribution >= 0.6 is 11.6 Å². The Balaban J connectivity index is 1.29. The van der Waals surface area contributed by atoms with Gasteiger partial charge in [-0.25, -0.2) is 22.2 Å². The van der Waals surface area contributed by atoms with Gasteiger partial charge >= 0.3 is 6.18 Å². The summed E-state index contributed by atoms with van der Waals surface area (Å²) in [5.74, 6) is -4.79. The van der Waals surface area contributed by atoms with Crippen LogP contribution in [-0.4, -0.2) is 80.8 Å². The zero-order valence-corrected chi connectivity index (χ0v) is 34.6. The molecule has 2 aromatic carbocycles. The van der Waals surface area contributed by atoms with Crippen molar-refractivity contribution in [3.8, 4) is 23.0 Å². The summed E-state index contributed by atoms with van der Waals surface area (Å²) in [5.41, 5.74) is -4.35. The van der Waals surface area contributed by atoms with E-state index in [0.717, 1.165) is 18.4 Å². The molecule has 5 atom stereocenters. The first-order valence-corrected chi connectivity index (χ1v) is 21.3. The van der Waals surface area contributed by atoms with Crippen molar-refractivity contribution >= 4 is 44.3 Å². The van der Waals surface area contributed by atoms with Crippen LogP contribution in [0, 0.1) is 35.3 Å². The largest absolute Gasteiger partial charge is 0.435 e. The molecule has 1 aliphatic heterocycles. The lowest BCUT2D eigenvalue weighted by atomic mass is 9.86. The quantitative estimate of drug-likeness (QED) is 0.0733. The second kappa shape index (κ2) is 15.6. The molecule has 0 bridgehead atoms. The maximum atomic E-state index is 15.5. The molecule has 1 saturated heterocycles. The van der Waals surface area contributed by atoms with E-state index in [2.05, 4.69) is 38.7 Å². The summed E-state index contributed by atoms with van der Waals surface area (Å²) in [7, 11) is -2.41. The first-order valence-electron chi connectivity index (χ1n) is 19.1. The van der Waals surface area contributed by atoms with Gasteiger partial charge in [0.2, 0.25) is 15.9 Å². The van der Waals surface area contributed by atoms with E-state index in [4.69, 9.17) is 21.3 Å². The van der Waals surface area contributed by atoms with Crippen LogP contribution in [0.25, 0.3) is 22.0 Å². The van der Waals surface area contributed by atoms with Crippen LogP contribution in [0.4, 0.5) is 36.6 Å². The van der Waals surface area contributed by atoms with Gasteiger partial charge in [0.1, 0.15) is 29.6 Å². The molecule has 2 aliphatic carbocycles. The molecule has 2 fully saturated rings. The van der Waals surface area contributed by atoms with Gasteiger partial charge < -0.3 is 20.3 Å². The number of halogens is 8. The second-order valence-corrected chi connectivity index (χ2v) is 17.9. The number of fused-ring (bicyclic) bond motifs is 4. The number of pyridine rings is 1. The number of amides is 1. The molecule has 3 aromatic heterocycles. The number of aromatic nitrogens is 5. The number of aliphatic hydroxyl groups excluding tert-OH is 1. The monoisotopic (exact) mass is 921 g/mol. The van der Waals surface area contributed by atoms with E-state index in [1.165, 1.54) is 36.0 Å². The molecule has 1 unspecified atom stereocenters. The third-order valence-corrected chi connectivity index (χ3v) is 12.1. The number of alkyl halides is 5. The third-order valence-electron chi connectivity index (χ3n) is 11.2. The first-order chi connectivity index (χ1) is 29.5. The highest BCUT2D eigenvalue weighted by Crippen LogP contribution is 2.68. The molecule has 0 spiro atoms. The van der Waals surface area contributed by atoms with E-state index < -0.39 is 106 Å². The predicted octanol–water partition coefficient (Wildman–Crippen LogP) is 5.74. The van der Waals surface area contributed by atoms with Crippen LogP contribution < -0.4 is 10.0 Å². The van der Waals surface area contributed by atoms with Gasteiger partial charge in [-0.15, -0.1) is 0 Å².